The zero-order valence-corrected chi connectivity index (χ0v) is 24.1. The molecular formula is C30H31Cl2N3O3S. The highest BCUT2D eigenvalue weighted by Gasteiger charge is 2.36. The summed E-state index contributed by atoms with van der Waals surface area (Å²) >= 11 is 13.3. The molecule has 1 aliphatic heterocycles. The number of nitrogens with one attached hydrogen (secondary N) is 1. The third-order valence-electron chi connectivity index (χ3n) is 6.13. The number of hydrogen-bond donors (Lipinski definition) is 1. The maximum absolute atomic E-state index is 13.3. The predicted octanol–water partition coefficient (Wildman–Crippen LogP) is 8.11. The van der Waals surface area contributed by atoms with Gasteiger partial charge < -0.3 is 10.1 Å². The van der Waals surface area contributed by atoms with E-state index in [4.69, 9.17) is 32.9 Å². The Kier molecular flexibility index (Phi) is 10.7. The summed E-state index contributed by atoms with van der Waals surface area (Å²) in [7, 11) is 0. The Balaban J connectivity index is 1.44. The highest BCUT2D eigenvalue weighted by Crippen LogP contribution is 2.31. The van der Waals surface area contributed by atoms with Crippen LogP contribution in [0.2, 0.25) is 10.0 Å². The second-order valence-corrected chi connectivity index (χ2v) is 11.3. The van der Waals surface area contributed by atoms with Gasteiger partial charge in [0.1, 0.15) is 11.0 Å². The largest absolute Gasteiger partial charge is 0.494 e. The van der Waals surface area contributed by atoms with Crippen LogP contribution >= 0.6 is 35.0 Å². The first-order chi connectivity index (χ1) is 18.9. The highest BCUT2D eigenvalue weighted by atomic mass is 35.5. The van der Waals surface area contributed by atoms with Crippen LogP contribution in [0.25, 0.3) is 0 Å². The van der Waals surface area contributed by atoms with E-state index in [1.807, 2.05) is 36.4 Å². The molecule has 3 aromatic carbocycles. The molecule has 0 aromatic heterocycles. The zero-order chi connectivity index (χ0) is 27.6. The van der Waals surface area contributed by atoms with Gasteiger partial charge in [0.25, 0.3) is 0 Å². The fourth-order valence-electron chi connectivity index (χ4n) is 3.97. The van der Waals surface area contributed by atoms with Gasteiger partial charge in [0.15, 0.2) is 5.17 Å². The molecule has 1 saturated heterocycles. The number of benzene rings is 3. The molecule has 6 nitrogen and oxygen atoms in total. The Bertz CT molecular complexity index is 1280. The van der Waals surface area contributed by atoms with Crippen molar-refractivity contribution >= 4 is 63.3 Å². The van der Waals surface area contributed by atoms with Crippen molar-refractivity contribution < 1.29 is 14.3 Å². The van der Waals surface area contributed by atoms with Gasteiger partial charge in [-0.2, -0.15) is 0 Å². The third-order valence-corrected chi connectivity index (χ3v) is 7.82. The van der Waals surface area contributed by atoms with Crippen LogP contribution in [0.1, 0.15) is 44.6 Å². The van der Waals surface area contributed by atoms with Gasteiger partial charge in [-0.25, -0.2) is 4.99 Å². The number of amides is 2. The molecule has 39 heavy (non-hydrogen) atoms. The van der Waals surface area contributed by atoms with Crippen molar-refractivity contribution in [1.29, 1.82) is 0 Å². The lowest BCUT2D eigenvalue weighted by molar-refractivity contribution is -0.129. The number of thioether (sulfide) groups is 1. The predicted molar refractivity (Wildman–Crippen MR) is 161 cm³/mol. The second kappa shape index (κ2) is 14.4. The van der Waals surface area contributed by atoms with E-state index in [0.29, 0.717) is 39.7 Å². The van der Waals surface area contributed by atoms with Crippen LogP contribution in [0.3, 0.4) is 0 Å². The summed E-state index contributed by atoms with van der Waals surface area (Å²) in [6, 6.07) is 21.7. The number of rotatable bonds is 11. The molecule has 0 radical (unpaired) electrons. The quantitative estimate of drug-likeness (QED) is 0.231. The number of anilines is 1. The molecule has 0 saturated carbocycles. The Hall–Kier alpha value is -3.00. The molecule has 1 unspecified atom stereocenters. The Morgan fingerprint density at radius 2 is 1.64 bits per heavy atom. The summed E-state index contributed by atoms with van der Waals surface area (Å²) in [5.74, 6) is 0.335. The van der Waals surface area contributed by atoms with Gasteiger partial charge in [-0.1, -0.05) is 73.3 Å². The molecule has 4 rings (SSSR count). The van der Waals surface area contributed by atoms with Crippen LogP contribution in [-0.4, -0.2) is 33.7 Å². The van der Waals surface area contributed by atoms with E-state index in [2.05, 4.69) is 12.2 Å². The highest BCUT2D eigenvalue weighted by molar-refractivity contribution is 8.15. The van der Waals surface area contributed by atoms with E-state index in [-0.39, 0.29) is 18.2 Å². The Labute approximate surface area is 243 Å². The topological polar surface area (TPSA) is 71.0 Å². The van der Waals surface area contributed by atoms with E-state index in [9.17, 15) is 9.59 Å². The van der Waals surface area contributed by atoms with Crippen molar-refractivity contribution in [2.24, 2.45) is 4.99 Å². The van der Waals surface area contributed by atoms with Gasteiger partial charge in [-0.05, 0) is 72.6 Å². The second-order valence-electron chi connectivity index (χ2n) is 9.21. The lowest BCUT2D eigenvalue weighted by atomic mass is 10.2. The van der Waals surface area contributed by atoms with E-state index in [1.54, 1.807) is 41.3 Å². The lowest BCUT2D eigenvalue weighted by Gasteiger charge is -2.32. The molecule has 1 heterocycles. The standard InChI is InChI=1S/C30H31Cl2N3O3S/c1-2-3-4-5-18-38-26-16-14-24(15-17-26)33-29(37)27-19-28(36)35(20-21-6-8-22(31)9-7-21)30(39-27)34-25-12-10-23(32)11-13-25/h6-17,27H,2-5,18-20H2,1H3,(H,33,37). The average Bonchev–Trinajstić information content (AvgIpc) is 2.93. The van der Waals surface area contributed by atoms with Gasteiger partial charge in [0, 0.05) is 22.2 Å². The smallest absolute Gasteiger partial charge is 0.238 e. The van der Waals surface area contributed by atoms with Crippen molar-refractivity contribution in [3.05, 3.63) is 88.4 Å². The maximum Gasteiger partial charge on any atom is 0.238 e. The van der Waals surface area contributed by atoms with Gasteiger partial charge in [-0.3, -0.25) is 14.5 Å². The first-order valence-corrected chi connectivity index (χ1v) is 14.6. The summed E-state index contributed by atoms with van der Waals surface area (Å²) in [5, 5.41) is 3.98. The summed E-state index contributed by atoms with van der Waals surface area (Å²) in [4.78, 5) is 32.8. The molecule has 1 aliphatic rings. The molecule has 0 aliphatic carbocycles. The molecular weight excluding hydrogens is 553 g/mol. The van der Waals surface area contributed by atoms with Gasteiger partial charge in [0.2, 0.25) is 11.8 Å². The van der Waals surface area contributed by atoms with Crippen molar-refractivity contribution in [2.45, 2.75) is 50.8 Å². The van der Waals surface area contributed by atoms with Crippen molar-refractivity contribution in [3.8, 4) is 5.75 Å². The molecule has 204 valence electrons. The normalized spacial score (nSPS) is 16.4. The van der Waals surface area contributed by atoms with E-state index in [1.165, 1.54) is 24.6 Å². The van der Waals surface area contributed by atoms with Crippen molar-refractivity contribution in [1.82, 2.24) is 4.90 Å². The summed E-state index contributed by atoms with van der Waals surface area (Å²) in [6.45, 7) is 3.18. The Morgan fingerprint density at radius 1 is 0.974 bits per heavy atom. The number of carbonyl (C=O) groups excluding carboxylic acids is 2. The number of ether oxygens (including phenoxy) is 1. The summed E-state index contributed by atoms with van der Waals surface area (Å²) in [5.41, 5.74) is 2.20. The van der Waals surface area contributed by atoms with Crippen LogP contribution in [0.4, 0.5) is 11.4 Å². The minimum Gasteiger partial charge on any atom is -0.494 e. The van der Waals surface area contributed by atoms with E-state index in [0.717, 1.165) is 24.2 Å². The monoisotopic (exact) mass is 583 g/mol. The first kappa shape index (κ1) is 29.0. The van der Waals surface area contributed by atoms with Gasteiger partial charge >= 0.3 is 0 Å². The summed E-state index contributed by atoms with van der Waals surface area (Å²) in [6.07, 6.45) is 4.63. The minimum absolute atomic E-state index is 0.0582. The van der Waals surface area contributed by atoms with E-state index >= 15 is 0 Å². The number of aliphatic imine (C=N–C) groups is 1. The lowest BCUT2D eigenvalue weighted by Crippen LogP contribution is -2.44. The van der Waals surface area contributed by atoms with E-state index < -0.39 is 5.25 Å². The van der Waals surface area contributed by atoms with Crippen LogP contribution in [0.5, 0.6) is 5.75 Å². The third kappa shape index (κ3) is 8.75. The maximum atomic E-state index is 13.3. The Morgan fingerprint density at radius 3 is 2.31 bits per heavy atom. The SMILES string of the molecule is CCCCCCOc1ccc(NC(=O)C2CC(=O)N(Cc3ccc(Cl)cc3)C(=Nc3ccc(Cl)cc3)S2)cc1. The first-order valence-electron chi connectivity index (χ1n) is 13.0. The number of carbonyl (C=O) groups is 2. The fourth-order valence-corrected chi connectivity index (χ4v) is 5.32. The zero-order valence-electron chi connectivity index (χ0n) is 21.7. The van der Waals surface area contributed by atoms with Crippen LogP contribution in [0.15, 0.2) is 77.8 Å². The molecule has 3 aromatic rings. The molecule has 1 atom stereocenters. The molecule has 2 amide bonds. The fraction of sp³-hybridized carbons (Fsp3) is 0.300. The molecule has 1 fully saturated rings. The molecule has 1 N–H and O–H groups in total. The molecule has 0 spiro atoms. The van der Waals surface area contributed by atoms with Gasteiger partial charge in [0.05, 0.1) is 18.8 Å². The van der Waals surface area contributed by atoms with Crippen LogP contribution in [0, 0.1) is 0 Å². The number of amidine groups is 1. The average molecular weight is 585 g/mol. The minimum atomic E-state index is -0.625. The molecule has 9 heteroatoms. The summed E-state index contributed by atoms with van der Waals surface area (Å²) < 4.78 is 5.79. The number of nitrogens with zero attached hydrogens (tertiary/aromatic N) is 2. The van der Waals surface area contributed by atoms with Crippen molar-refractivity contribution in [2.75, 3.05) is 11.9 Å². The van der Waals surface area contributed by atoms with Crippen LogP contribution in [-0.2, 0) is 16.1 Å². The molecule has 0 bridgehead atoms. The number of hydrogen-bond acceptors (Lipinski definition) is 5. The number of unbranched alkanes of at least 4 members (excludes halogenated alkanes) is 3. The van der Waals surface area contributed by atoms with Crippen LogP contribution < -0.4 is 10.1 Å². The van der Waals surface area contributed by atoms with Gasteiger partial charge in [-0.15, -0.1) is 0 Å². The van der Waals surface area contributed by atoms with Crippen molar-refractivity contribution in [3.63, 3.8) is 0 Å². The number of halogens is 2.